The average Bonchev–Trinajstić information content (AvgIpc) is 1.84. The van der Waals surface area contributed by atoms with E-state index in [4.69, 9.17) is 0 Å². The van der Waals surface area contributed by atoms with Gasteiger partial charge < -0.3 is 5.11 Å². The topological polar surface area (TPSA) is 32.6 Å². The van der Waals surface area contributed by atoms with Crippen molar-refractivity contribution in [3.05, 3.63) is 0 Å². The summed E-state index contributed by atoms with van der Waals surface area (Å²) in [5.41, 5.74) is 0. The van der Waals surface area contributed by atoms with E-state index in [0.717, 1.165) is 0 Å². The maximum atomic E-state index is 9.75. The van der Waals surface area contributed by atoms with Crippen molar-refractivity contribution >= 4 is 15.0 Å². The van der Waals surface area contributed by atoms with E-state index in [9.17, 15) is 5.11 Å². The Morgan fingerprint density at radius 1 is 1.45 bits per heavy atom. The zero-order valence-electron chi connectivity index (χ0n) is 8.13. The summed E-state index contributed by atoms with van der Waals surface area (Å²) in [5, 5.41) is 9.13. The Morgan fingerprint density at radius 2 is 1.91 bits per heavy atom. The molecule has 0 rings (SSSR count). The number of aliphatic hydroxyl groups is 1. The maximum absolute atomic E-state index is 9.75. The van der Waals surface area contributed by atoms with Crippen LogP contribution in [0.2, 0.25) is 13.1 Å². The first-order valence-electron chi connectivity index (χ1n) is 4.13. The average molecular weight is 173 g/mol. The van der Waals surface area contributed by atoms with Crippen LogP contribution in [0.25, 0.3) is 0 Å². The fourth-order valence-corrected chi connectivity index (χ4v) is 0.833. The van der Waals surface area contributed by atoms with Gasteiger partial charge in [-0.25, -0.2) is 0 Å². The summed E-state index contributed by atoms with van der Waals surface area (Å²) in [5.74, 6) is 0. The van der Waals surface area contributed by atoms with Crippen molar-refractivity contribution in [3.8, 4) is 0 Å². The van der Waals surface area contributed by atoms with Crippen molar-refractivity contribution in [2.75, 3.05) is 0 Å². The Balaban J connectivity index is 4.11. The highest BCUT2D eigenvalue weighted by Crippen LogP contribution is 2.05. The normalized spacial score (nSPS) is 18.2. The minimum atomic E-state index is -1.03. The third-order valence-electron chi connectivity index (χ3n) is 1.80. The van der Waals surface area contributed by atoms with E-state index in [2.05, 4.69) is 18.1 Å². The lowest BCUT2D eigenvalue weighted by atomic mass is 10.4. The molecule has 0 aliphatic carbocycles. The number of rotatable bonds is 3. The minimum absolute atomic E-state index is 0.286. The molecular formula is C8H19NOSi. The van der Waals surface area contributed by atoms with Crippen LogP contribution in [0.1, 0.15) is 20.8 Å². The summed E-state index contributed by atoms with van der Waals surface area (Å²) in [6, 6.07) is 0.286. The molecule has 0 saturated carbocycles. The van der Waals surface area contributed by atoms with Crippen LogP contribution in [-0.4, -0.2) is 31.4 Å². The van der Waals surface area contributed by atoms with E-state index in [0.29, 0.717) is 0 Å². The highest BCUT2D eigenvalue weighted by molar-refractivity contribution is 6.62. The minimum Gasteiger partial charge on any atom is -0.389 e. The molecule has 2 nitrogen and oxygen atoms in total. The molecule has 0 aromatic heterocycles. The summed E-state index contributed by atoms with van der Waals surface area (Å²) in [6.07, 6.45) is 1.70. The summed E-state index contributed by atoms with van der Waals surface area (Å²) in [6.45, 7) is 10.1. The molecule has 0 spiro atoms. The number of nitrogens with zero attached hydrogens (tertiary/aromatic N) is 1. The van der Waals surface area contributed by atoms with Gasteiger partial charge in [0.05, 0.1) is 14.0 Å². The first kappa shape index (κ1) is 10.8. The molecular weight excluding hydrogens is 154 g/mol. The Labute approximate surface area is 71.0 Å². The van der Waals surface area contributed by atoms with Crippen molar-refractivity contribution in [2.24, 2.45) is 4.99 Å². The van der Waals surface area contributed by atoms with Crippen molar-refractivity contribution < 1.29 is 5.11 Å². The van der Waals surface area contributed by atoms with Crippen LogP contribution >= 0.6 is 0 Å². The third kappa shape index (κ3) is 4.32. The molecule has 0 aromatic rings. The van der Waals surface area contributed by atoms with Gasteiger partial charge >= 0.3 is 0 Å². The lowest BCUT2D eigenvalue weighted by Crippen LogP contribution is -2.40. The van der Waals surface area contributed by atoms with Crippen molar-refractivity contribution in [2.45, 2.75) is 45.1 Å². The first-order chi connectivity index (χ1) is 4.86. The molecule has 0 bridgehead atoms. The predicted octanol–water partition coefficient (Wildman–Crippen LogP) is 1.24. The summed E-state index contributed by atoms with van der Waals surface area (Å²) in [4.78, 5) is 4.18. The first-order valence-corrected chi connectivity index (χ1v) is 7.01. The van der Waals surface area contributed by atoms with E-state index in [1.165, 1.54) is 0 Å². The molecule has 0 fully saturated rings. The number of aliphatic imine (C=N–C) groups is 1. The van der Waals surface area contributed by atoms with Gasteiger partial charge in [-0.05, 0) is 20.8 Å². The molecule has 3 heteroatoms. The number of hydrogen-bond acceptors (Lipinski definition) is 2. The van der Waals surface area contributed by atoms with Crippen LogP contribution in [0.5, 0.6) is 0 Å². The Bertz CT molecular complexity index is 141. The van der Waals surface area contributed by atoms with Gasteiger partial charge in [0, 0.05) is 12.3 Å². The van der Waals surface area contributed by atoms with Crippen LogP contribution in [0.3, 0.4) is 0 Å². The summed E-state index contributed by atoms with van der Waals surface area (Å²) < 4.78 is 0. The van der Waals surface area contributed by atoms with Crippen LogP contribution in [-0.2, 0) is 0 Å². The van der Waals surface area contributed by atoms with Gasteiger partial charge in [0.2, 0.25) is 0 Å². The summed E-state index contributed by atoms with van der Waals surface area (Å²) >= 11 is 0. The van der Waals surface area contributed by atoms with Gasteiger partial charge in [0.25, 0.3) is 0 Å². The second-order valence-electron chi connectivity index (χ2n) is 3.75. The van der Waals surface area contributed by atoms with E-state index in [-0.39, 0.29) is 6.04 Å². The molecule has 11 heavy (non-hydrogen) atoms. The molecule has 0 aliphatic heterocycles. The van der Waals surface area contributed by atoms with E-state index in [1.807, 2.05) is 20.8 Å². The van der Waals surface area contributed by atoms with Crippen LogP contribution in [0.15, 0.2) is 4.99 Å². The maximum Gasteiger partial charge on any atom is 0.0820 e. The molecule has 1 N–H and O–H groups in total. The van der Waals surface area contributed by atoms with Crippen LogP contribution in [0.4, 0.5) is 0 Å². The second-order valence-corrected chi connectivity index (χ2v) is 7.23. The van der Waals surface area contributed by atoms with Crippen molar-refractivity contribution in [3.63, 3.8) is 0 Å². The zero-order valence-corrected chi connectivity index (χ0v) is 9.28. The molecule has 0 saturated heterocycles. The van der Waals surface area contributed by atoms with E-state index in [1.54, 1.807) is 6.21 Å². The van der Waals surface area contributed by atoms with Crippen LogP contribution in [0, 0.1) is 0 Å². The molecule has 1 unspecified atom stereocenters. The lowest BCUT2D eigenvalue weighted by Gasteiger charge is -2.21. The smallest absolute Gasteiger partial charge is 0.0820 e. The fraction of sp³-hybridized carbons (Fsp3) is 0.875. The van der Waals surface area contributed by atoms with Crippen molar-refractivity contribution in [1.82, 2.24) is 0 Å². The van der Waals surface area contributed by atoms with Gasteiger partial charge in [0.15, 0.2) is 0 Å². The Hall–Kier alpha value is -0.153. The van der Waals surface area contributed by atoms with Crippen molar-refractivity contribution in [1.29, 1.82) is 0 Å². The molecule has 0 amide bonds. The largest absolute Gasteiger partial charge is 0.389 e. The van der Waals surface area contributed by atoms with Gasteiger partial charge in [-0.1, -0.05) is 13.1 Å². The lowest BCUT2D eigenvalue weighted by molar-refractivity contribution is 0.216. The molecule has 0 heterocycles. The molecule has 1 atom stereocenters. The third-order valence-corrected chi connectivity index (χ3v) is 4.29. The van der Waals surface area contributed by atoms with Gasteiger partial charge in [-0.15, -0.1) is 0 Å². The van der Waals surface area contributed by atoms with E-state index < -0.39 is 14.0 Å². The second kappa shape index (κ2) is 4.02. The monoisotopic (exact) mass is 173 g/mol. The molecule has 0 aliphatic rings. The highest BCUT2D eigenvalue weighted by Gasteiger charge is 2.22. The predicted molar refractivity (Wildman–Crippen MR) is 53.1 cm³/mol. The highest BCUT2D eigenvalue weighted by atomic mass is 28.3. The molecule has 66 valence electrons. The van der Waals surface area contributed by atoms with Gasteiger partial charge in [-0.2, -0.15) is 0 Å². The Kier molecular flexibility index (Phi) is 3.96. The number of hydrogen-bond donors (Lipinski definition) is 1. The van der Waals surface area contributed by atoms with Gasteiger partial charge in [-0.3, -0.25) is 4.99 Å². The van der Waals surface area contributed by atoms with E-state index >= 15 is 0 Å². The SMILES string of the molecule is CC(C)N=CC(C)(O)[SiH](C)C. The fourth-order valence-electron chi connectivity index (χ4n) is 0.449. The molecule has 0 aromatic carbocycles. The Morgan fingerprint density at radius 3 is 2.18 bits per heavy atom. The standard InChI is InChI=1S/C8H19NOSi/c1-7(2)9-6-8(3,10)11(4)5/h6-7,10-11H,1-5H3. The van der Waals surface area contributed by atoms with Gasteiger partial charge in [0.1, 0.15) is 0 Å². The zero-order chi connectivity index (χ0) is 9.07. The quantitative estimate of drug-likeness (QED) is 0.505. The van der Waals surface area contributed by atoms with Crippen LogP contribution < -0.4 is 0 Å². The summed E-state index contributed by atoms with van der Waals surface area (Å²) in [7, 11) is -1.03. The molecule has 0 radical (unpaired) electrons.